The average molecular weight is 375 g/mol. The lowest BCUT2D eigenvalue weighted by molar-refractivity contribution is -0.389. The fourth-order valence-electron chi connectivity index (χ4n) is 3.19. The highest BCUT2D eigenvalue weighted by atomic mass is 19.1. The van der Waals surface area contributed by atoms with Crippen LogP contribution in [0.25, 0.3) is 0 Å². The Kier molecular flexibility index (Phi) is 5.80. The Morgan fingerprint density at radius 1 is 1.26 bits per heavy atom. The van der Waals surface area contributed by atoms with Gasteiger partial charge in [0.2, 0.25) is 5.91 Å². The van der Waals surface area contributed by atoms with Gasteiger partial charge in [0.25, 0.3) is 0 Å². The fraction of sp³-hybridized carbons (Fsp3) is 0.444. The third kappa shape index (κ3) is 4.68. The van der Waals surface area contributed by atoms with Gasteiger partial charge in [-0.3, -0.25) is 9.69 Å². The van der Waals surface area contributed by atoms with E-state index < -0.39 is 4.92 Å². The van der Waals surface area contributed by atoms with Crippen molar-refractivity contribution < 1.29 is 14.1 Å². The van der Waals surface area contributed by atoms with Crippen molar-refractivity contribution in [2.75, 3.05) is 26.2 Å². The van der Waals surface area contributed by atoms with Crippen LogP contribution in [0, 0.1) is 22.9 Å². The minimum absolute atomic E-state index is 0.00176. The van der Waals surface area contributed by atoms with Crippen molar-refractivity contribution in [2.45, 2.75) is 26.4 Å². The highest BCUT2D eigenvalue weighted by molar-refractivity contribution is 5.76. The molecule has 0 bridgehead atoms. The molecule has 1 aliphatic heterocycles. The van der Waals surface area contributed by atoms with E-state index >= 15 is 0 Å². The first-order valence-corrected chi connectivity index (χ1v) is 8.86. The monoisotopic (exact) mass is 375 g/mol. The number of carbonyl (C=O) groups excluding carboxylic acids is 1. The maximum absolute atomic E-state index is 13.8. The van der Waals surface area contributed by atoms with E-state index in [1.165, 1.54) is 16.8 Å². The first kappa shape index (κ1) is 19.0. The largest absolute Gasteiger partial charge is 0.390 e. The van der Waals surface area contributed by atoms with Crippen LogP contribution in [-0.2, 0) is 17.9 Å². The maximum Gasteiger partial charge on any atom is 0.390 e. The van der Waals surface area contributed by atoms with Crippen LogP contribution in [0.2, 0.25) is 0 Å². The Labute approximate surface area is 156 Å². The molecule has 0 saturated carbocycles. The molecule has 144 valence electrons. The standard InChI is InChI=1S/C18H22FN5O3/c1-14-12-17(24(26)27)20-23(14)7-6-18(25)22-10-8-21(9-11-22)13-15-4-2-3-5-16(15)19/h2-5,12H,6-11,13H2,1H3. The molecule has 1 aromatic carbocycles. The number of aromatic nitrogens is 2. The topological polar surface area (TPSA) is 84.5 Å². The molecule has 1 aliphatic rings. The van der Waals surface area contributed by atoms with Crippen molar-refractivity contribution in [1.82, 2.24) is 19.6 Å². The van der Waals surface area contributed by atoms with Crippen LogP contribution in [0.15, 0.2) is 30.3 Å². The Hall–Kier alpha value is -2.81. The van der Waals surface area contributed by atoms with Gasteiger partial charge in [-0.05, 0) is 17.9 Å². The molecule has 0 radical (unpaired) electrons. The van der Waals surface area contributed by atoms with Gasteiger partial charge in [0.05, 0.1) is 23.4 Å². The Morgan fingerprint density at radius 2 is 1.96 bits per heavy atom. The van der Waals surface area contributed by atoms with Gasteiger partial charge in [0.15, 0.2) is 0 Å². The van der Waals surface area contributed by atoms with Gasteiger partial charge in [0.1, 0.15) is 5.82 Å². The van der Waals surface area contributed by atoms with E-state index in [0.29, 0.717) is 50.5 Å². The van der Waals surface area contributed by atoms with Crippen LogP contribution < -0.4 is 0 Å². The molecular formula is C18H22FN5O3. The van der Waals surface area contributed by atoms with E-state index in [4.69, 9.17) is 0 Å². The van der Waals surface area contributed by atoms with Gasteiger partial charge >= 0.3 is 5.82 Å². The number of carbonyl (C=O) groups is 1. The number of nitrogens with zero attached hydrogens (tertiary/aromatic N) is 5. The number of nitro groups is 1. The molecule has 0 atom stereocenters. The summed E-state index contributed by atoms with van der Waals surface area (Å²) in [6.45, 7) is 5.13. The summed E-state index contributed by atoms with van der Waals surface area (Å²) in [5, 5.41) is 14.7. The second-order valence-electron chi connectivity index (χ2n) is 6.62. The SMILES string of the molecule is Cc1cc([N+](=O)[O-])nn1CCC(=O)N1CCN(Cc2ccccc2F)CC1. The lowest BCUT2D eigenvalue weighted by Crippen LogP contribution is -2.48. The number of amides is 1. The molecule has 8 nitrogen and oxygen atoms in total. The summed E-state index contributed by atoms with van der Waals surface area (Å²) in [6, 6.07) is 8.12. The predicted octanol–water partition coefficient (Wildman–Crippen LogP) is 1.97. The number of hydrogen-bond donors (Lipinski definition) is 0. The molecule has 0 aliphatic carbocycles. The molecule has 9 heteroatoms. The van der Waals surface area contributed by atoms with E-state index in [1.54, 1.807) is 24.0 Å². The summed E-state index contributed by atoms with van der Waals surface area (Å²) in [5.41, 5.74) is 1.32. The lowest BCUT2D eigenvalue weighted by atomic mass is 10.2. The van der Waals surface area contributed by atoms with Crippen LogP contribution in [0.4, 0.5) is 10.2 Å². The molecule has 2 aromatic rings. The third-order valence-corrected chi connectivity index (χ3v) is 4.77. The zero-order valence-electron chi connectivity index (χ0n) is 15.2. The molecule has 0 spiro atoms. The normalized spacial score (nSPS) is 15.1. The number of hydrogen-bond acceptors (Lipinski definition) is 5. The van der Waals surface area contributed by atoms with E-state index in [0.717, 1.165) is 0 Å². The predicted molar refractivity (Wildman–Crippen MR) is 96.5 cm³/mol. The molecule has 1 fully saturated rings. The van der Waals surface area contributed by atoms with Gasteiger partial charge < -0.3 is 15.0 Å². The van der Waals surface area contributed by atoms with E-state index in [9.17, 15) is 19.3 Å². The van der Waals surface area contributed by atoms with Crippen molar-refractivity contribution in [1.29, 1.82) is 0 Å². The summed E-state index contributed by atoms with van der Waals surface area (Å²) in [4.78, 5) is 26.5. The minimum atomic E-state index is -0.542. The number of piperazine rings is 1. The van der Waals surface area contributed by atoms with Gasteiger partial charge in [-0.2, -0.15) is 4.68 Å². The van der Waals surface area contributed by atoms with E-state index in [1.807, 2.05) is 6.07 Å². The Balaban J connectivity index is 1.47. The van der Waals surface area contributed by atoms with Crippen molar-refractivity contribution >= 4 is 11.7 Å². The minimum Gasteiger partial charge on any atom is -0.358 e. The molecule has 27 heavy (non-hydrogen) atoms. The number of rotatable bonds is 6. The first-order chi connectivity index (χ1) is 12.9. The molecule has 1 aromatic heterocycles. The van der Waals surface area contributed by atoms with E-state index in [-0.39, 0.29) is 24.0 Å². The summed E-state index contributed by atoms with van der Waals surface area (Å²) in [5.74, 6) is -0.417. The maximum atomic E-state index is 13.8. The van der Waals surface area contributed by atoms with Gasteiger partial charge in [-0.15, -0.1) is 0 Å². The molecule has 2 heterocycles. The summed E-state index contributed by atoms with van der Waals surface area (Å²) >= 11 is 0. The third-order valence-electron chi connectivity index (χ3n) is 4.77. The number of benzene rings is 1. The second kappa shape index (κ2) is 8.26. The van der Waals surface area contributed by atoms with Crippen molar-refractivity contribution in [2.24, 2.45) is 0 Å². The summed E-state index contributed by atoms with van der Waals surface area (Å²) < 4.78 is 15.2. The number of halogens is 1. The van der Waals surface area contributed by atoms with Crippen LogP contribution in [0.5, 0.6) is 0 Å². The van der Waals surface area contributed by atoms with Crippen molar-refractivity contribution in [3.05, 3.63) is 57.5 Å². The number of aryl methyl sites for hydroxylation is 2. The zero-order valence-corrected chi connectivity index (χ0v) is 15.2. The summed E-state index contributed by atoms with van der Waals surface area (Å²) in [6.07, 6.45) is 0.243. The molecule has 3 rings (SSSR count). The highest BCUT2D eigenvalue weighted by Crippen LogP contribution is 2.14. The fourth-order valence-corrected chi connectivity index (χ4v) is 3.19. The summed E-state index contributed by atoms with van der Waals surface area (Å²) in [7, 11) is 0. The Morgan fingerprint density at radius 3 is 2.59 bits per heavy atom. The average Bonchev–Trinajstić information content (AvgIpc) is 3.03. The molecule has 0 unspecified atom stereocenters. The van der Waals surface area contributed by atoms with Gasteiger partial charge in [-0.25, -0.2) is 4.39 Å². The van der Waals surface area contributed by atoms with Crippen molar-refractivity contribution in [3.63, 3.8) is 0 Å². The van der Waals surface area contributed by atoms with E-state index in [2.05, 4.69) is 10.00 Å². The highest BCUT2D eigenvalue weighted by Gasteiger charge is 2.23. The molecule has 0 N–H and O–H groups in total. The zero-order chi connectivity index (χ0) is 19.4. The molecule has 1 amide bonds. The second-order valence-corrected chi connectivity index (χ2v) is 6.62. The van der Waals surface area contributed by atoms with Gasteiger partial charge in [0, 0.05) is 44.7 Å². The van der Waals surface area contributed by atoms with Crippen molar-refractivity contribution in [3.8, 4) is 0 Å². The molecule has 1 saturated heterocycles. The molecular weight excluding hydrogens is 353 g/mol. The quantitative estimate of drug-likeness (QED) is 0.569. The lowest BCUT2D eigenvalue weighted by Gasteiger charge is -2.34. The van der Waals surface area contributed by atoms with Gasteiger partial charge in [-0.1, -0.05) is 18.2 Å². The Bertz CT molecular complexity index is 830. The first-order valence-electron chi connectivity index (χ1n) is 8.86. The van der Waals surface area contributed by atoms with Crippen LogP contribution in [0.1, 0.15) is 17.7 Å². The van der Waals surface area contributed by atoms with Crippen LogP contribution in [-0.4, -0.2) is 56.6 Å². The van der Waals surface area contributed by atoms with Crippen LogP contribution >= 0.6 is 0 Å². The van der Waals surface area contributed by atoms with Crippen LogP contribution in [0.3, 0.4) is 0 Å². The smallest absolute Gasteiger partial charge is 0.358 e.